The van der Waals surface area contributed by atoms with E-state index in [0.717, 1.165) is 4.90 Å². The monoisotopic (exact) mass is 563 g/mol. The molecule has 2 amide bonds. The number of esters is 2. The molecule has 0 aromatic rings. The van der Waals surface area contributed by atoms with Crippen LogP contribution in [0.15, 0.2) is 27.9 Å². The van der Waals surface area contributed by atoms with Crippen molar-refractivity contribution in [2.45, 2.75) is 38.6 Å². The summed E-state index contributed by atoms with van der Waals surface area (Å²) in [5.74, 6) is -3.36. The zero-order valence-electron chi connectivity index (χ0n) is 19.1. The minimum Gasteiger partial charge on any atom is -0.509 e. The van der Waals surface area contributed by atoms with Gasteiger partial charge in [-0.25, -0.2) is 4.79 Å². The molecule has 0 saturated carbocycles. The number of nitroso groups, excluding NO2 is 1. The van der Waals surface area contributed by atoms with Gasteiger partial charge in [-0.15, -0.1) is 16.7 Å². The third kappa shape index (κ3) is 5.78. The van der Waals surface area contributed by atoms with E-state index < -0.39 is 58.8 Å². The van der Waals surface area contributed by atoms with Crippen LogP contribution >= 0.6 is 27.7 Å². The summed E-state index contributed by atoms with van der Waals surface area (Å²) >= 11 is 4.18. The molecule has 12 nitrogen and oxygen atoms in total. The average Bonchev–Trinajstić information content (AvgIpc) is 2.82. The number of aliphatic hydroxyl groups excluding tert-OH is 1. The maximum atomic E-state index is 12.8. The van der Waals surface area contributed by atoms with Gasteiger partial charge in [-0.3, -0.25) is 19.3 Å². The lowest BCUT2D eigenvalue weighted by molar-refractivity contribution is -0.174. The Morgan fingerprint density at radius 1 is 1.32 bits per heavy atom. The number of rotatable bonds is 11. The van der Waals surface area contributed by atoms with E-state index in [2.05, 4.69) is 26.4 Å². The predicted octanol–water partition coefficient (Wildman–Crippen LogP) is 1.70. The molecule has 0 bridgehead atoms. The second-order valence-corrected chi connectivity index (χ2v) is 9.65. The van der Waals surface area contributed by atoms with Gasteiger partial charge in [-0.2, -0.15) is 0 Å². The topological polar surface area (TPSA) is 161 Å². The smallest absolute Gasteiger partial charge is 0.358 e. The Morgan fingerprint density at radius 3 is 2.56 bits per heavy atom. The molecular weight excluding hydrogens is 538 g/mol. The lowest BCUT2D eigenvalue weighted by atomic mass is 9.91. The molecule has 0 spiro atoms. The normalized spacial score (nSPS) is 20.6. The molecule has 2 rings (SSSR count). The van der Waals surface area contributed by atoms with E-state index in [1.165, 1.54) is 18.9 Å². The first-order chi connectivity index (χ1) is 16.0. The molecule has 0 aromatic carbocycles. The number of halogens is 1. The fourth-order valence-corrected chi connectivity index (χ4v) is 4.59. The van der Waals surface area contributed by atoms with Gasteiger partial charge in [0.15, 0.2) is 0 Å². The Morgan fingerprint density at radius 2 is 2.00 bits per heavy atom. The van der Waals surface area contributed by atoms with E-state index in [9.17, 15) is 29.2 Å². The summed E-state index contributed by atoms with van der Waals surface area (Å²) in [4.78, 5) is 62.1. The van der Waals surface area contributed by atoms with Crippen LogP contribution < -0.4 is 5.32 Å². The van der Waals surface area contributed by atoms with Gasteiger partial charge in [0.2, 0.25) is 12.5 Å². The van der Waals surface area contributed by atoms with Crippen molar-refractivity contribution >= 4 is 51.4 Å². The highest BCUT2D eigenvalue weighted by Gasteiger charge is 2.54. The van der Waals surface area contributed by atoms with Crippen LogP contribution in [0.4, 0.5) is 0 Å². The van der Waals surface area contributed by atoms with Crippen LogP contribution in [-0.4, -0.2) is 76.8 Å². The first-order valence-corrected chi connectivity index (χ1v) is 12.3. The van der Waals surface area contributed by atoms with Crippen LogP contribution in [0.1, 0.15) is 27.2 Å². The maximum Gasteiger partial charge on any atom is 0.358 e. The fraction of sp³-hybridized carbons (Fsp3) is 0.600. The molecule has 0 aliphatic carbocycles. The number of fused-ring (bicyclic) bond motifs is 1. The molecule has 1 fully saturated rings. The number of ether oxygens (including phenoxy) is 3. The van der Waals surface area contributed by atoms with Gasteiger partial charge in [-0.1, -0.05) is 22.9 Å². The van der Waals surface area contributed by atoms with Crippen molar-refractivity contribution in [1.29, 1.82) is 0 Å². The number of nitrogens with one attached hydrogen (secondary N) is 1. The molecule has 2 N–H and O–H groups in total. The fourth-order valence-electron chi connectivity index (χ4n) is 3.00. The molecule has 188 valence electrons. The number of carbonyl (C=O) groups excluding carboxylic acids is 4. The summed E-state index contributed by atoms with van der Waals surface area (Å²) in [5, 5.41) is 13.7. The summed E-state index contributed by atoms with van der Waals surface area (Å²) in [6, 6.07) is -1.06. The number of thioether (sulfide) groups is 1. The zero-order chi connectivity index (χ0) is 25.6. The second-order valence-electron chi connectivity index (χ2n) is 7.99. The van der Waals surface area contributed by atoms with Crippen LogP contribution in [0, 0.1) is 10.3 Å². The molecule has 1 saturated heterocycles. The number of alkyl halides is 1. The van der Waals surface area contributed by atoms with Crippen molar-refractivity contribution in [3.05, 3.63) is 27.6 Å². The van der Waals surface area contributed by atoms with E-state index in [0.29, 0.717) is 17.7 Å². The summed E-state index contributed by atoms with van der Waals surface area (Å²) in [5.41, 5.74) is -1.07. The number of allylic oxidation sites excluding steroid dienone is 1. The van der Waals surface area contributed by atoms with Crippen molar-refractivity contribution in [1.82, 2.24) is 10.2 Å². The van der Waals surface area contributed by atoms with E-state index in [4.69, 9.17) is 14.2 Å². The van der Waals surface area contributed by atoms with Crippen molar-refractivity contribution in [2.75, 3.05) is 31.6 Å². The summed E-state index contributed by atoms with van der Waals surface area (Å²) in [7, 11) is 1.43. The number of hydrogen-bond donors (Lipinski definition) is 2. The van der Waals surface area contributed by atoms with Crippen LogP contribution in [0.25, 0.3) is 0 Å². The molecule has 2 aliphatic heterocycles. The Balaban J connectivity index is 2.14. The number of β-lactam (4-membered cyclic amide) rings is 1. The maximum absolute atomic E-state index is 12.8. The number of amides is 2. The van der Waals surface area contributed by atoms with Gasteiger partial charge in [0.1, 0.15) is 22.9 Å². The Bertz CT molecular complexity index is 934. The molecule has 0 aromatic heterocycles. The molecular formula is C20H26BrN3O9S. The SMILES string of the molecule is CCC(C)(C)C(=O)OCOC(=O)C1=C(COC)CS[C@@H]2C(NC(=O)C(N=O)=C(O)CBr)C(=O)N12. The Kier molecular flexibility index (Phi) is 9.64. The average molecular weight is 564 g/mol. The highest BCUT2D eigenvalue weighted by molar-refractivity contribution is 9.09. The van der Waals surface area contributed by atoms with E-state index in [1.54, 1.807) is 13.8 Å². The van der Waals surface area contributed by atoms with Crippen LogP contribution in [0.2, 0.25) is 0 Å². The van der Waals surface area contributed by atoms with Gasteiger partial charge < -0.3 is 24.6 Å². The van der Waals surface area contributed by atoms with Gasteiger partial charge >= 0.3 is 11.9 Å². The molecule has 2 atom stereocenters. The van der Waals surface area contributed by atoms with E-state index in [-0.39, 0.29) is 17.6 Å². The number of nitrogens with zero attached hydrogens (tertiary/aromatic N) is 2. The molecule has 2 heterocycles. The zero-order valence-corrected chi connectivity index (χ0v) is 21.5. The van der Waals surface area contributed by atoms with Crippen LogP contribution in [0.5, 0.6) is 0 Å². The summed E-state index contributed by atoms with van der Waals surface area (Å²) in [6.07, 6.45) is 0.529. The number of carbonyl (C=O) groups is 4. The third-order valence-corrected chi connectivity index (χ3v) is 7.24. The Labute approximate surface area is 208 Å². The largest absolute Gasteiger partial charge is 0.509 e. The van der Waals surface area contributed by atoms with Gasteiger partial charge in [0, 0.05) is 12.9 Å². The minimum absolute atomic E-state index is 0.0503. The second kappa shape index (κ2) is 11.8. The standard InChI is InChI=1S/C20H26BrN3O9S/c1-5-20(2,3)19(29)33-9-32-18(28)14-10(7-31-4)8-34-17-13(16(27)24(14)17)22-15(26)12(23-30)11(25)6-21/h13,17,25H,5-9H2,1-4H3,(H,22,26)/t13?,17-/m1/s1. The van der Waals surface area contributed by atoms with Crippen molar-refractivity contribution < 1.29 is 38.5 Å². The molecule has 0 radical (unpaired) electrons. The lowest BCUT2D eigenvalue weighted by Gasteiger charge is -2.49. The number of hydrogen-bond acceptors (Lipinski definition) is 11. The minimum atomic E-state index is -1.06. The van der Waals surface area contributed by atoms with E-state index in [1.807, 2.05) is 6.92 Å². The Hall–Kier alpha value is -2.45. The quantitative estimate of drug-likeness (QED) is 0.0719. The van der Waals surface area contributed by atoms with Gasteiger partial charge in [0.25, 0.3) is 11.8 Å². The van der Waals surface area contributed by atoms with Crippen molar-refractivity contribution in [2.24, 2.45) is 10.6 Å². The highest BCUT2D eigenvalue weighted by Crippen LogP contribution is 2.40. The van der Waals surface area contributed by atoms with Crippen LogP contribution in [-0.2, 0) is 33.4 Å². The molecule has 14 heteroatoms. The number of aliphatic hydroxyl groups is 1. The summed E-state index contributed by atoms with van der Waals surface area (Å²) < 4.78 is 15.3. The molecule has 34 heavy (non-hydrogen) atoms. The van der Waals surface area contributed by atoms with Gasteiger partial charge in [-0.05, 0) is 31.0 Å². The first kappa shape index (κ1) is 27.8. The van der Waals surface area contributed by atoms with E-state index >= 15 is 0 Å². The molecule has 1 unspecified atom stereocenters. The van der Waals surface area contributed by atoms with Gasteiger partial charge in [0.05, 0.1) is 17.4 Å². The van der Waals surface area contributed by atoms with Crippen molar-refractivity contribution in [3.63, 3.8) is 0 Å². The lowest BCUT2D eigenvalue weighted by Crippen LogP contribution is -2.70. The summed E-state index contributed by atoms with van der Waals surface area (Å²) in [6.45, 7) is 4.64. The first-order valence-electron chi connectivity index (χ1n) is 10.2. The van der Waals surface area contributed by atoms with Crippen molar-refractivity contribution in [3.8, 4) is 0 Å². The molecule has 2 aliphatic rings. The highest BCUT2D eigenvalue weighted by atomic mass is 79.9. The number of methoxy groups -OCH3 is 1. The van der Waals surface area contributed by atoms with Crippen LogP contribution in [0.3, 0.4) is 0 Å². The predicted molar refractivity (Wildman–Crippen MR) is 124 cm³/mol. The third-order valence-electron chi connectivity index (χ3n) is 5.37.